The quantitative estimate of drug-likeness (QED) is 0.247. The molecule has 1 aliphatic heterocycles. The first-order chi connectivity index (χ1) is 19.8. The number of aromatic carboxylic acids is 1. The van der Waals surface area contributed by atoms with Crippen molar-refractivity contribution in [3.63, 3.8) is 0 Å². The van der Waals surface area contributed by atoms with Crippen molar-refractivity contribution < 1.29 is 14.7 Å². The highest BCUT2D eigenvalue weighted by Gasteiger charge is 2.26. The minimum absolute atomic E-state index is 0.0117. The predicted molar refractivity (Wildman–Crippen MR) is 161 cm³/mol. The van der Waals surface area contributed by atoms with Crippen molar-refractivity contribution in [2.75, 3.05) is 16.8 Å². The highest BCUT2D eigenvalue weighted by molar-refractivity contribution is 7.22. The third-order valence-electron chi connectivity index (χ3n) is 7.37. The Hall–Kier alpha value is -4.57. The molecule has 0 aliphatic carbocycles. The fraction of sp³-hybridized carbons (Fsp3) is 0.258. The Morgan fingerprint density at radius 2 is 1.88 bits per heavy atom. The molecule has 6 rings (SSSR count). The van der Waals surface area contributed by atoms with Gasteiger partial charge in [0.05, 0.1) is 16.4 Å². The van der Waals surface area contributed by atoms with Gasteiger partial charge in [-0.15, -0.1) is 0 Å². The number of aromatic nitrogens is 4. The van der Waals surface area contributed by atoms with E-state index in [2.05, 4.69) is 34.2 Å². The van der Waals surface area contributed by atoms with Crippen LogP contribution >= 0.6 is 11.3 Å². The fourth-order valence-corrected chi connectivity index (χ4v) is 6.19. The monoisotopic (exact) mass is 566 g/mol. The number of hydrogen-bond donors (Lipinski definition) is 2. The number of carboxylic acid groups (broad SMARTS) is 1. The average Bonchev–Trinajstić information content (AvgIpc) is 3.54. The van der Waals surface area contributed by atoms with Crippen LogP contribution in [0.1, 0.15) is 51.5 Å². The molecule has 5 aromatic rings. The van der Waals surface area contributed by atoms with Crippen LogP contribution in [-0.4, -0.2) is 43.3 Å². The molecule has 0 radical (unpaired) electrons. The van der Waals surface area contributed by atoms with Gasteiger partial charge in [-0.05, 0) is 60.7 Å². The number of carbonyl (C=O) groups excluding carboxylic acids is 1. The number of para-hydroxylation sites is 1. The first-order valence-corrected chi connectivity index (χ1v) is 14.4. The summed E-state index contributed by atoms with van der Waals surface area (Å²) in [6.45, 7) is 8.04. The van der Waals surface area contributed by atoms with Gasteiger partial charge in [0, 0.05) is 42.0 Å². The summed E-state index contributed by atoms with van der Waals surface area (Å²) in [4.78, 5) is 36.9. The molecule has 2 aromatic carbocycles. The molecule has 3 aromatic heterocycles. The molecule has 208 valence electrons. The maximum Gasteiger partial charge on any atom is 0.355 e. The van der Waals surface area contributed by atoms with Gasteiger partial charge >= 0.3 is 5.97 Å². The number of nitrogens with zero attached hydrogens (tertiary/aromatic N) is 5. The van der Waals surface area contributed by atoms with Crippen molar-refractivity contribution in [2.24, 2.45) is 5.92 Å². The molecule has 0 fully saturated rings. The van der Waals surface area contributed by atoms with Crippen molar-refractivity contribution in [1.82, 2.24) is 19.7 Å². The molecule has 0 saturated carbocycles. The lowest BCUT2D eigenvalue weighted by molar-refractivity contribution is 0.0691. The van der Waals surface area contributed by atoms with E-state index in [0.717, 1.165) is 39.1 Å². The molecule has 2 N–H and O–H groups in total. The van der Waals surface area contributed by atoms with Gasteiger partial charge in [0.2, 0.25) is 0 Å². The molecular formula is C31H30N6O3S. The molecule has 9 nitrogen and oxygen atoms in total. The number of anilines is 2. The third-order valence-corrected chi connectivity index (χ3v) is 8.32. The van der Waals surface area contributed by atoms with Crippen LogP contribution in [0, 0.1) is 12.8 Å². The second kappa shape index (κ2) is 10.8. The maximum absolute atomic E-state index is 13.4. The standard InChI is InChI=1S/C31H30N6O3S/c1-18(2)16-37-19(3)23(15-32-37)21-11-12-27(34-28(21)30(39)40)36-14-13-20-7-6-8-22(24(20)17-36)29(38)35-31-33-25-9-4-5-10-26(25)41-31/h4-12,15,18H,13-14,16-17H2,1-3H3,(H,39,40)(H,33,35,38). The molecule has 1 amide bonds. The number of rotatable bonds is 7. The first kappa shape index (κ1) is 26.6. The van der Waals surface area contributed by atoms with Crippen LogP contribution < -0.4 is 10.2 Å². The van der Waals surface area contributed by atoms with Crippen LogP contribution in [-0.2, 0) is 19.5 Å². The molecule has 0 bridgehead atoms. The lowest BCUT2D eigenvalue weighted by Gasteiger charge is -2.31. The molecule has 0 unspecified atom stereocenters. The number of amides is 1. The minimum Gasteiger partial charge on any atom is -0.476 e. The summed E-state index contributed by atoms with van der Waals surface area (Å²) in [5, 5.41) is 18.1. The summed E-state index contributed by atoms with van der Waals surface area (Å²) in [7, 11) is 0. The molecular weight excluding hydrogens is 536 g/mol. The summed E-state index contributed by atoms with van der Waals surface area (Å²) < 4.78 is 2.91. The van der Waals surface area contributed by atoms with Crippen LogP contribution in [0.15, 0.2) is 60.8 Å². The van der Waals surface area contributed by atoms with E-state index in [-0.39, 0.29) is 11.6 Å². The summed E-state index contributed by atoms with van der Waals surface area (Å²) in [6, 6.07) is 17.2. The Labute approximate surface area is 241 Å². The summed E-state index contributed by atoms with van der Waals surface area (Å²) in [6.07, 6.45) is 2.43. The average molecular weight is 567 g/mol. The zero-order valence-electron chi connectivity index (χ0n) is 23.1. The molecule has 41 heavy (non-hydrogen) atoms. The van der Waals surface area contributed by atoms with Gasteiger partial charge in [0.25, 0.3) is 5.91 Å². The number of benzene rings is 2. The number of pyridine rings is 1. The molecule has 0 atom stereocenters. The van der Waals surface area contributed by atoms with Crippen LogP contribution in [0.4, 0.5) is 10.9 Å². The second-order valence-corrected chi connectivity index (χ2v) is 11.7. The topological polar surface area (TPSA) is 113 Å². The van der Waals surface area contributed by atoms with Crippen molar-refractivity contribution in [2.45, 2.75) is 40.3 Å². The van der Waals surface area contributed by atoms with Gasteiger partial charge in [-0.25, -0.2) is 14.8 Å². The van der Waals surface area contributed by atoms with E-state index in [9.17, 15) is 14.7 Å². The number of hydrogen-bond acceptors (Lipinski definition) is 7. The molecule has 10 heteroatoms. The van der Waals surface area contributed by atoms with E-state index >= 15 is 0 Å². The molecule has 0 spiro atoms. The largest absolute Gasteiger partial charge is 0.476 e. The van der Waals surface area contributed by atoms with Crippen molar-refractivity contribution >= 4 is 44.4 Å². The Balaban J connectivity index is 1.28. The van der Waals surface area contributed by atoms with E-state index in [4.69, 9.17) is 0 Å². The van der Waals surface area contributed by atoms with Gasteiger partial charge in [-0.2, -0.15) is 5.10 Å². The lowest BCUT2D eigenvalue weighted by Crippen LogP contribution is -2.33. The van der Waals surface area contributed by atoms with Crippen molar-refractivity contribution in [3.8, 4) is 11.1 Å². The van der Waals surface area contributed by atoms with Crippen LogP contribution in [0.5, 0.6) is 0 Å². The number of thiazole rings is 1. The maximum atomic E-state index is 13.4. The van der Waals surface area contributed by atoms with Gasteiger partial charge in [0.15, 0.2) is 10.8 Å². The Kier molecular flexibility index (Phi) is 7.00. The van der Waals surface area contributed by atoms with Crippen LogP contribution in [0.25, 0.3) is 21.3 Å². The normalized spacial score (nSPS) is 13.0. The number of carbonyl (C=O) groups is 2. The number of fused-ring (bicyclic) bond motifs is 2. The third kappa shape index (κ3) is 5.18. The van der Waals surface area contributed by atoms with Crippen molar-refractivity contribution in [1.29, 1.82) is 0 Å². The molecule has 0 saturated heterocycles. The summed E-state index contributed by atoms with van der Waals surface area (Å²) in [5.74, 6) is -0.334. The van der Waals surface area contributed by atoms with E-state index in [1.807, 2.05) is 71.1 Å². The number of carboxylic acids is 1. The zero-order chi connectivity index (χ0) is 28.7. The van der Waals surface area contributed by atoms with E-state index in [1.165, 1.54) is 11.3 Å². The van der Waals surface area contributed by atoms with Gasteiger partial charge in [-0.3, -0.25) is 14.8 Å². The van der Waals surface area contributed by atoms with E-state index in [1.54, 1.807) is 6.20 Å². The summed E-state index contributed by atoms with van der Waals surface area (Å²) in [5.41, 5.74) is 5.64. The highest BCUT2D eigenvalue weighted by atomic mass is 32.1. The predicted octanol–water partition coefficient (Wildman–Crippen LogP) is 6.03. The minimum atomic E-state index is -1.09. The number of nitrogens with one attached hydrogen (secondary N) is 1. The molecule has 4 heterocycles. The zero-order valence-corrected chi connectivity index (χ0v) is 23.9. The smallest absolute Gasteiger partial charge is 0.355 e. The SMILES string of the molecule is Cc1c(-c2ccc(N3CCc4cccc(C(=O)Nc5nc6ccccc6s5)c4C3)nc2C(=O)O)cnn1CC(C)C. The van der Waals surface area contributed by atoms with Crippen LogP contribution in [0.2, 0.25) is 0 Å². The Morgan fingerprint density at radius 3 is 2.66 bits per heavy atom. The van der Waals surface area contributed by atoms with E-state index < -0.39 is 5.97 Å². The first-order valence-electron chi connectivity index (χ1n) is 13.6. The van der Waals surface area contributed by atoms with Crippen LogP contribution in [0.3, 0.4) is 0 Å². The highest BCUT2D eigenvalue weighted by Crippen LogP contribution is 2.32. The molecule has 1 aliphatic rings. The summed E-state index contributed by atoms with van der Waals surface area (Å²) >= 11 is 1.44. The second-order valence-electron chi connectivity index (χ2n) is 10.6. The van der Waals surface area contributed by atoms with E-state index in [0.29, 0.717) is 47.5 Å². The Bertz CT molecular complexity index is 1760. The Morgan fingerprint density at radius 1 is 1.05 bits per heavy atom. The van der Waals surface area contributed by atoms with Gasteiger partial charge < -0.3 is 10.0 Å². The van der Waals surface area contributed by atoms with Gasteiger partial charge in [0.1, 0.15) is 5.82 Å². The van der Waals surface area contributed by atoms with Crippen molar-refractivity contribution in [3.05, 3.63) is 88.9 Å². The van der Waals surface area contributed by atoms with Gasteiger partial charge in [-0.1, -0.05) is 49.4 Å². The lowest BCUT2D eigenvalue weighted by atomic mass is 9.94. The fourth-order valence-electron chi connectivity index (χ4n) is 5.33.